The summed E-state index contributed by atoms with van der Waals surface area (Å²) in [4.78, 5) is 11.4. The molecule has 0 spiro atoms. The lowest BCUT2D eigenvalue weighted by atomic mass is 10.2. The summed E-state index contributed by atoms with van der Waals surface area (Å²) in [5.41, 5.74) is 5.45. The highest BCUT2D eigenvalue weighted by Crippen LogP contribution is 2.18. The summed E-state index contributed by atoms with van der Waals surface area (Å²) in [6, 6.07) is 0. The molecule has 0 amide bonds. The van der Waals surface area contributed by atoms with Crippen molar-refractivity contribution in [1.82, 2.24) is 0 Å². The molecule has 1 atom stereocenters. The molecule has 0 radical (unpaired) electrons. The molecule has 0 aliphatic heterocycles. The lowest BCUT2D eigenvalue weighted by Gasteiger charge is -2.18. The molecule has 0 aromatic rings. The number of hydrogen-bond acceptors (Lipinski definition) is 3. The molecule has 0 saturated carbocycles. The summed E-state index contributed by atoms with van der Waals surface area (Å²) in [5.74, 6) is -0.197. The first-order valence-electron chi connectivity index (χ1n) is 5.10. The zero-order valence-corrected chi connectivity index (χ0v) is 11.2. The number of halogens is 1. The Morgan fingerprint density at radius 1 is 1.43 bits per heavy atom. The van der Waals surface area contributed by atoms with Crippen LogP contribution in [0.25, 0.3) is 0 Å². The number of carbonyl (C=O) groups excluding carboxylic acids is 1. The monoisotopic (exact) mass is 313 g/mol. The van der Waals surface area contributed by atoms with Crippen LogP contribution < -0.4 is 5.73 Å². The van der Waals surface area contributed by atoms with Crippen LogP contribution in [-0.2, 0) is 9.53 Å². The maximum absolute atomic E-state index is 11.4. The number of esters is 1. The predicted octanol–water partition coefficient (Wildman–Crippen LogP) is 2.26. The SMILES string of the molecule is CCCCCCOC(=O)C(C)(I)CN. The van der Waals surface area contributed by atoms with E-state index in [1.54, 1.807) is 6.92 Å². The Kier molecular flexibility index (Phi) is 7.54. The molecule has 0 saturated heterocycles. The van der Waals surface area contributed by atoms with Gasteiger partial charge in [0.15, 0.2) is 0 Å². The second-order valence-corrected chi connectivity index (χ2v) is 5.98. The fraction of sp³-hybridized carbons (Fsp3) is 0.900. The van der Waals surface area contributed by atoms with Gasteiger partial charge in [-0.2, -0.15) is 0 Å². The molecule has 4 heteroatoms. The van der Waals surface area contributed by atoms with Gasteiger partial charge in [-0.1, -0.05) is 48.8 Å². The van der Waals surface area contributed by atoms with Crippen LogP contribution in [0.1, 0.15) is 39.5 Å². The van der Waals surface area contributed by atoms with Crippen molar-refractivity contribution >= 4 is 28.6 Å². The van der Waals surface area contributed by atoms with Crippen molar-refractivity contribution in [1.29, 1.82) is 0 Å². The zero-order valence-electron chi connectivity index (χ0n) is 9.01. The van der Waals surface area contributed by atoms with Crippen molar-refractivity contribution in [3.8, 4) is 0 Å². The molecule has 0 aliphatic rings. The standard InChI is InChI=1S/C10H20INO2/c1-3-4-5-6-7-14-9(13)10(2,11)8-12/h3-8,12H2,1-2H3. The number of ether oxygens (including phenoxy) is 1. The van der Waals surface area contributed by atoms with Gasteiger partial charge in [-0.3, -0.25) is 4.79 Å². The smallest absolute Gasteiger partial charge is 0.323 e. The number of alkyl halides is 1. The largest absolute Gasteiger partial charge is 0.465 e. The number of unbranched alkanes of at least 4 members (excludes halogenated alkanes) is 3. The van der Waals surface area contributed by atoms with Crippen LogP contribution in [-0.4, -0.2) is 22.5 Å². The van der Waals surface area contributed by atoms with E-state index in [0.717, 1.165) is 12.8 Å². The molecule has 0 rings (SSSR count). The molecule has 0 aromatic heterocycles. The third-order valence-electron chi connectivity index (χ3n) is 2.04. The Morgan fingerprint density at radius 3 is 2.57 bits per heavy atom. The Hall–Kier alpha value is 0.160. The van der Waals surface area contributed by atoms with Gasteiger partial charge in [0.25, 0.3) is 0 Å². The molecule has 14 heavy (non-hydrogen) atoms. The van der Waals surface area contributed by atoms with Gasteiger partial charge in [-0.15, -0.1) is 0 Å². The van der Waals surface area contributed by atoms with E-state index in [2.05, 4.69) is 6.92 Å². The quantitative estimate of drug-likeness (QED) is 0.339. The average Bonchev–Trinajstić information content (AvgIpc) is 2.17. The maximum Gasteiger partial charge on any atom is 0.323 e. The Balaban J connectivity index is 3.54. The minimum absolute atomic E-state index is 0.197. The Bertz CT molecular complexity index is 172. The highest BCUT2D eigenvalue weighted by molar-refractivity contribution is 14.1. The maximum atomic E-state index is 11.4. The van der Waals surface area contributed by atoms with E-state index in [1.165, 1.54) is 12.8 Å². The Morgan fingerprint density at radius 2 is 2.07 bits per heavy atom. The molecule has 0 aromatic carbocycles. The average molecular weight is 313 g/mol. The van der Waals surface area contributed by atoms with Crippen LogP contribution in [0.2, 0.25) is 0 Å². The lowest BCUT2D eigenvalue weighted by Crippen LogP contribution is -2.38. The van der Waals surface area contributed by atoms with Gasteiger partial charge < -0.3 is 10.5 Å². The number of nitrogens with two attached hydrogens (primary N) is 1. The fourth-order valence-corrected chi connectivity index (χ4v) is 1.08. The topological polar surface area (TPSA) is 52.3 Å². The molecular formula is C10H20INO2. The summed E-state index contributed by atoms with van der Waals surface area (Å²) >= 11 is 2.03. The highest BCUT2D eigenvalue weighted by atomic mass is 127. The van der Waals surface area contributed by atoms with E-state index in [0.29, 0.717) is 13.2 Å². The lowest BCUT2D eigenvalue weighted by molar-refractivity contribution is -0.145. The first-order valence-corrected chi connectivity index (χ1v) is 6.18. The summed E-state index contributed by atoms with van der Waals surface area (Å²) in [6.45, 7) is 4.79. The van der Waals surface area contributed by atoms with E-state index in [4.69, 9.17) is 10.5 Å². The number of hydrogen-bond donors (Lipinski definition) is 1. The van der Waals surface area contributed by atoms with E-state index in [9.17, 15) is 4.79 Å². The number of carbonyl (C=O) groups is 1. The minimum atomic E-state index is -0.567. The highest BCUT2D eigenvalue weighted by Gasteiger charge is 2.29. The summed E-state index contributed by atoms with van der Waals surface area (Å²) in [5, 5.41) is 0. The van der Waals surface area contributed by atoms with Crippen LogP contribution in [0.15, 0.2) is 0 Å². The van der Waals surface area contributed by atoms with Gasteiger partial charge in [0.05, 0.1) is 6.61 Å². The first kappa shape index (κ1) is 14.2. The van der Waals surface area contributed by atoms with Crippen LogP contribution in [0.5, 0.6) is 0 Å². The van der Waals surface area contributed by atoms with Gasteiger partial charge in [0.2, 0.25) is 0 Å². The van der Waals surface area contributed by atoms with Crippen LogP contribution in [0, 0.1) is 0 Å². The van der Waals surface area contributed by atoms with E-state index < -0.39 is 3.42 Å². The first-order chi connectivity index (χ1) is 6.54. The minimum Gasteiger partial charge on any atom is -0.465 e. The molecule has 3 nitrogen and oxygen atoms in total. The van der Waals surface area contributed by atoms with Gasteiger partial charge in [0.1, 0.15) is 3.42 Å². The van der Waals surface area contributed by atoms with Crippen LogP contribution in [0.3, 0.4) is 0 Å². The van der Waals surface area contributed by atoms with E-state index >= 15 is 0 Å². The van der Waals surface area contributed by atoms with Gasteiger partial charge in [0, 0.05) is 6.54 Å². The third-order valence-corrected chi connectivity index (χ3v) is 2.92. The third kappa shape index (κ3) is 5.80. The summed E-state index contributed by atoms with van der Waals surface area (Å²) in [7, 11) is 0. The van der Waals surface area contributed by atoms with Crippen molar-refractivity contribution in [2.24, 2.45) is 5.73 Å². The van der Waals surface area contributed by atoms with Crippen LogP contribution in [0.4, 0.5) is 0 Å². The predicted molar refractivity (Wildman–Crippen MR) is 66.6 cm³/mol. The second kappa shape index (κ2) is 7.45. The molecule has 0 bridgehead atoms. The number of rotatable bonds is 7. The normalized spacial score (nSPS) is 14.9. The van der Waals surface area contributed by atoms with Crippen molar-refractivity contribution in [3.05, 3.63) is 0 Å². The Labute approximate surface area is 99.9 Å². The van der Waals surface area contributed by atoms with E-state index in [1.807, 2.05) is 22.6 Å². The van der Waals surface area contributed by atoms with Crippen molar-refractivity contribution in [3.63, 3.8) is 0 Å². The fourth-order valence-electron chi connectivity index (χ4n) is 0.928. The van der Waals surface area contributed by atoms with Gasteiger partial charge in [-0.25, -0.2) is 0 Å². The van der Waals surface area contributed by atoms with Crippen molar-refractivity contribution in [2.45, 2.75) is 43.0 Å². The van der Waals surface area contributed by atoms with Crippen molar-refractivity contribution < 1.29 is 9.53 Å². The second-order valence-electron chi connectivity index (χ2n) is 3.60. The molecule has 0 fully saturated rings. The molecule has 1 unspecified atom stereocenters. The molecular weight excluding hydrogens is 293 g/mol. The summed E-state index contributed by atoms with van der Waals surface area (Å²) in [6.07, 6.45) is 4.48. The summed E-state index contributed by atoms with van der Waals surface area (Å²) < 4.78 is 4.55. The molecule has 84 valence electrons. The zero-order chi connectivity index (χ0) is 11.0. The van der Waals surface area contributed by atoms with E-state index in [-0.39, 0.29) is 5.97 Å². The molecule has 0 aliphatic carbocycles. The molecule has 0 heterocycles. The van der Waals surface area contributed by atoms with Gasteiger partial charge >= 0.3 is 5.97 Å². The van der Waals surface area contributed by atoms with Gasteiger partial charge in [-0.05, 0) is 13.3 Å². The van der Waals surface area contributed by atoms with Crippen LogP contribution >= 0.6 is 22.6 Å². The van der Waals surface area contributed by atoms with Crippen molar-refractivity contribution in [2.75, 3.05) is 13.2 Å². The molecule has 2 N–H and O–H groups in total.